The van der Waals surface area contributed by atoms with Crippen molar-refractivity contribution in [3.8, 4) is 17.2 Å². The van der Waals surface area contributed by atoms with E-state index in [1.54, 1.807) is 31.4 Å². The number of H-pyrrole nitrogens is 1. The van der Waals surface area contributed by atoms with Crippen molar-refractivity contribution in [2.24, 2.45) is 0 Å². The van der Waals surface area contributed by atoms with Gasteiger partial charge in [-0.25, -0.2) is 4.79 Å². The number of benzene rings is 1. The molecular formula is C16H16N2O6. The predicted molar refractivity (Wildman–Crippen MR) is 85.7 cm³/mol. The molecule has 0 atom stereocenters. The Kier molecular flexibility index (Phi) is 4.88. The summed E-state index contributed by atoms with van der Waals surface area (Å²) >= 11 is 0. The van der Waals surface area contributed by atoms with Crippen LogP contribution in [0.4, 0.5) is 0 Å². The zero-order chi connectivity index (χ0) is 16.9. The van der Waals surface area contributed by atoms with Gasteiger partial charge in [0.15, 0.2) is 0 Å². The molecule has 0 spiro atoms. The summed E-state index contributed by atoms with van der Waals surface area (Å²) in [6, 6.07) is 6.83. The molecular weight excluding hydrogens is 316 g/mol. The van der Waals surface area contributed by atoms with Gasteiger partial charge in [0.25, 0.3) is 5.56 Å². The van der Waals surface area contributed by atoms with Gasteiger partial charge in [-0.3, -0.25) is 9.78 Å². The van der Waals surface area contributed by atoms with E-state index < -0.39 is 11.2 Å². The van der Waals surface area contributed by atoms with Gasteiger partial charge in [-0.15, -0.1) is 0 Å². The van der Waals surface area contributed by atoms with Crippen LogP contribution in [0.5, 0.6) is 5.75 Å². The fourth-order valence-corrected chi connectivity index (χ4v) is 2.18. The van der Waals surface area contributed by atoms with Crippen molar-refractivity contribution >= 4 is 11.0 Å². The van der Waals surface area contributed by atoms with Crippen molar-refractivity contribution in [1.29, 1.82) is 0 Å². The second kappa shape index (κ2) is 7.24. The SMILES string of the molecule is COCCOCCOc1ccc2cc3c(=O)[nH]c(=O)nc-3oc2c1. The molecule has 126 valence electrons. The van der Waals surface area contributed by atoms with Crippen molar-refractivity contribution < 1.29 is 18.6 Å². The summed E-state index contributed by atoms with van der Waals surface area (Å²) in [5.41, 5.74) is -0.569. The molecule has 0 aromatic heterocycles. The lowest BCUT2D eigenvalue weighted by Crippen LogP contribution is -2.24. The number of nitrogens with one attached hydrogen (secondary N) is 1. The second-order valence-corrected chi connectivity index (χ2v) is 4.99. The normalized spacial score (nSPS) is 11.2. The minimum Gasteiger partial charge on any atom is -0.491 e. The maximum absolute atomic E-state index is 11.8. The summed E-state index contributed by atoms with van der Waals surface area (Å²) in [5.74, 6) is 0.587. The number of methoxy groups -OCH3 is 1. The molecule has 0 saturated carbocycles. The standard InChI is InChI=1S/C16H16N2O6/c1-21-4-5-22-6-7-23-11-3-2-10-8-12-14(19)17-16(20)18-15(12)24-13(10)9-11/h2-3,8-9H,4-7H2,1H3,(H,17,19,20). The first-order valence-corrected chi connectivity index (χ1v) is 7.35. The highest BCUT2D eigenvalue weighted by Gasteiger charge is 2.14. The Morgan fingerprint density at radius 1 is 1.12 bits per heavy atom. The van der Waals surface area contributed by atoms with Crippen molar-refractivity contribution in [2.75, 3.05) is 33.5 Å². The smallest absolute Gasteiger partial charge is 0.351 e. The number of rotatable bonds is 7. The van der Waals surface area contributed by atoms with E-state index in [1.165, 1.54) is 0 Å². The van der Waals surface area contributed by atoms with Gasteiger partial charge in [0.2, 0.25) is 5.89 Å². The molecule has 0 aliphatic carbocycles. The Morgan fingerprint density at radius 2 is 1.96 bits per heavy atom. The molecule has 0 bridgehead atoms. The Labute approximate surface area is 136 Å². The molecule has 1 aromatic rings. The van der Waals surface area contributed by atoms with Crippen molar-refractivity contribution in [3.63, 3.8) is 0 Å². The quantitative estimate of drug-likeness (QED) is 0.509. The lowest BCUT2D eigenvalue weighted by Gasteiger charge is -2.09. The van der Waals surface area contributed by atoms with Crippen molar-refractivity contribution in [3.05, 3.63) is 45.1 Å². The minimum atomic E-state index is -0.740. The van der Waals surface area contributed by atoms with E-state index in [0.29, 0.717) is 43.1 Å². The number of fused-ring (bicyclic) bond motifs is 2. The van der Waals surface area contributed by atoms with Gasteiger partial charge in [0.05, 0.1) is 19.8 Å². The summed E-state index contributed by atoms with van der Waals surface area (Å²) < 4.78 is 21.3. The highest BCUT2D eigenvalue weighted by atomic mass is 16.5. The zero-order valence-electron chi connectivity index (χ0n) is 13.0. The maximum atomic E-state index is 11.8. The van der Waals surface area contributed by atoms with E-state index in [2.05, 4.69) is 9.97 Å². The third-order valence-corrected chi connectivity index (χ3v) is 3.32. The van der Waals surface area contributed by atoms with Gasteiger partial charge < -0.3 is 18.6 Å². The second-order valence-electron chi connectivity index (χ2n) is 4.99. The third-order valence-electron chi connectivity index (χ3n) is 3.32. The predicted octanol–water partition coefficient (Wildman–Crippen LogP) is 1.02. The first-order chi connectivity index (χ1) is 11.7. The van der Waals surface area contributed by atoms with Crippen LogP contribution in [0.2, 0.25) is 0 Å². The van der Waals surface area contributed by atoms with Crippen molar-refractivity contribution in [2.45, 2.75) is 0 Å². The first kappa shape index (κ1) is 16.2. The van der Waals surface area contributed by atoms with Crippen LogP contribution in [0.1, 0.15) is 0 Å². The van der Waals surface area contributed by atoms with Gasteiger partial charge >= 0.3 is 5.69 Å². The van der Waals surface area contributed by atoms with E-state index in [4.69, 9.17) is 18.6 Å². The number of nitrogens with zero attached hydrogens (tertiary/aromatic N) is 1. The number of aromatic nitrogens is 2. The van der Waals surface area contributed by atoms with E-state index in [-0.39, 0.29) is 11.5 Å². The fraction of sp³-hybridized carbons (Fsp3) is 0.312. The Morgan fingerprint density at radius 3 is 2.79 bits per heavy atom. The molecule has 0 radical (unpaired) electrons. The molecule has 0 amide bonds. The summed E-state index contributed by atoms with van der Waals surface area (Å²) in [5, 5.41) is 0.706. The molecule has 8 nitrogen and oxygen atoms in total. The molecule has 1 aromatic carbocycles. The first-order valence-electron chi connectivity index (χ1n) is 7.35. The van der Waals surface area contributed by atoms with Gasteiger partial charge in [-0.2, -0.15) is 4.98 Å². The number of hydrogen-bond acceptors (Lipinski definition) is 7. The summed E-state index contributed by atoms with van der Waals surface area (Å²) in [4.78, 5) is 28.8. The Balaban J connectivity index is 1.78. The molecule has 0 saturated heterocycles. The lowest BCUT2D eigenvalue weighted by molar-refractivity contribution is 0.0544. The fourth-order valence-electron chi connectivity index (χ4n) is 2.18. The molecule has 1 N–H and O–H groups in total. The van der Waals surface area contributed by atoms with Gasteiger partial charge in [0, 0.05) is 18.6 Å². The molecule has 0 unspecified atom stereocenters. The van der Waals surface area contributed by atoms with Crippen LogP contribution in [0, 0.1) is 0 Å². The average molecular weight is 332 g/mol. The molecule has 0 fully saturated rings. The van der Waals surface area contributed by atoms with Crippen LogP contribution < -0.4 is 16.0 Å². The van der Waals surface area contributed by atoms with E-state index in [9.17, 15) is 9.59 Å². The van der Waals surface area contributed by atoms with E-state index in [0.717, 1.165) is 0 Å². The average Bonchev–Trinajstić information content (AvgIpc) is 2.56. The van der Waals surface area contributed by atoms with Crippen LogP contribution in [-0.4, -0.2) is 43.5 Å². The zero-order valence-corrected chi connectivity index (χ0v) is 13.0. The van der Waals surface area contributed by atoms with Crippen LogP contribution in [-0.2, 0) is 9.47 Å². The van der Waals surface area contributed by atoms with E-state index >= 15 is 0 Å². The van der Waals surface area contributed by atoms with Gasteiger partial charge in [-0.05, 0) is 18.2 Å². The monoisotopic (exact) mass is 332 g/mol. The summed E-state index contributed by atoms with van der Waals surface area (Å²) in [7, 11) is 1.61. The van der Waals surface area contributed by atoms with Crippen LogP contribution in [0.3, 0.4) is 0 Å². The van der Waals surface area contributed by atoms with Gasteiger partial charge in [0.1, 0.15) is 23.5 Å². The van der Waals surface area contributed by atoms with Crippen molar-refractivity contribution in [1.82, 2.24) is 9.97 Å². The topological polar surface area (TPSA) is 104 Å². The Hall–Kier alpha value is -2.71. The number of ether oxygens (including phenoxy) is 3. The maximum Gasteiger partial charge on any atom is 0.351 e. The Bertz CT molecular complexity index is 916. The molecule has 24 heavy (non-hydrogen) atoms. The lowest BCUT2D eigenvalue weighted by atomic mass is 10.1. The molecule has 3 rings (SSSR count). The molecule has 8 heteroatoms. The summed E-state index contributed by atoms with van der Waals surface area (Å²) in [6.07, 6.45) is 0. The number of hydrogen-bond donors (Lipinski definition) is 1. The number of aromatic amines is 1. The third kappa shape index (κ3) is 3.61. The summed E-state index contributed by atoms with van der Waals surface area (Å²) in [6.45, 7) is 1.87. The molecule has 2 heterocycles. The van der Waals surface area contributed by atoms with E-state index in [1.807, 2.05) is 0 Å². The molecule has 2 aliphatic rings. The molecule has 2 aliphatic heterocycles. The highest BCUT2D eigenvalue weighted by molar-refractivity contribution is 5.82. The largest absolute Gasteiger partial charge is 0.491 e. The van der Waals surface area contributed by atoms with Crippen LogP contribution in [0.15, 0.2) is 38.3 Å². The minimum absolute atomic E-state index is 0.00343. The van der Waals surface area contributed by atoms with Gasteiger partial charge in [-0.1, -0.05) is 0 Å². The van der Waals surface area contributed by atoms with Crippen LogP contribution in [0.25, 0.3) is 22.4 Å². The highest BCUT2D eigenvalue weighted by Crippen LogP contribution is 2.26. The van der Waals surface area contributed by atoms with Crippen LogP contribution >= 0.6 is 0 Å².